The van der Waals surface area contributed by atoms with E-state index in [9.17, 15) is 45.0 Å². The SMILES string of the molecule is CC(=O)N[C@H]1[C@H]([C@H](O)[C@H](O)CO)O[C@](O)(C(=O)O)C[C@@]1(O)c1ccc2cc(C)c(=O)oc2c1. The van der Waals surface area contributed by atoms with Crippen molar-refractivity contribution < 1.29 is 49.4 Å². The molecule has 1 fully saturated rings. The zero-order valence-corrected chi connectivity index (χ0v) is 17.8. The lowest BCUT2D eigenvalue weighted by atomic mass is 9.74. The summed E-state index contributed by atoms with van der Waals surface area (Å²) in [5.74, 6) is -5.66. The Bertz CT molecular complexity index is 1130. The van der Waals surface area contributed by atoms with Gasteiger partial charge in [-0.15, -0.1) is 0 Å². The minimum atomic E-state index is -3.05. The summed E-state index contributed by atoms with van der Waals surface area (Å²) in [5.41, 5.74) is -2.73. The second kappa shape index (κ2) is 8.82. The zero-order chi connectivity index (χ0) is 24.7. The number of aryl methyl sites for hydroxylation is 1. The average molecular weight is 467 g/mol. The van der Waals surface area contributed by atoms with Gasteiger partial charge in [-0.1, -0.05) is 12.1 Å². The number of aliphatic carboxylic acids is 1. The highest BCUT2D eigenvalue weighted by atomic mass is 16.7. The smallest absolute Gasteiger partial charge is 0.364 e. The molecule has 7 N–H and O–H groups in total. The third-order valence-corrected chi connectivity index (χ3v) is 5.70. The monoisotopic (exact) mass is 467 g/mol. The van der Waals surface area contributed by atoms with E-state index in [2.05, 4.69) is 5.32 Å². The fourth-order valence-corrected chi connectivity index (χ4v) is 3.99. The Morgan fingerprint density at radius 3 is 2.48 bits per heavy atom. The Morgan fingerprint density at radius 1 is 1.24 bits per heavy atom. The number of hydrogen-bond acceptors (Lipinski definition) is 10. The second-order valence-electron chi connectivity index (χ2n) is 8.16. The third kappa shape index (κ3) is 4.49. The molecule has 12 nitrogen and oxygen atoms in total. The molecule has 1 aliphatic rings. The lowest BCUT2D eigenvalue weighted by Gasteiger charge is -2.51. The molecule has 33 heavy (non-hydrogen) atoms. The van der Waals surface area contributed by atoms with Crippen molar-refractivity contribution in [2.75, 3.05) is 6.61 Å². The number of carboxylic acid groups (broad SMARTS) is 1. The van der Waals surface area contributed by atoms with Crippen LogP contribution >= 0.6 is 0 Å². The Balaban J connectivity index is 2.23. The lowest BCUT2D eigenvalue weighted by molar-refractivity contribution is -0.315. The van der Waals surface area contributed by atoms with Crippen molar-refractivity contribution in [1.82, 2.24) is 5.32 Å². The van der Waals surface area contributed by atoms with Crippen LogP contribution in [0.15, 0.2) is 33.5 Å². The summed E-state index contributed by atoms with van der Waals surface area (Å²) < 4.78 is 10.4. The van der Waals surface area contributed by atoms with E-state index >= 15 is 0 Å². The zero-order valence-electron chi connectivity index (χ0n) is 17.8. The molecular weight excluding hydrogens is 442 g/mol. The molecule has 2 heterocycles. The number of aliphatic hydroxyl groups is 5. The van der Waals surface area contributed by atoms with Gasteiger partial charge in [0, 0.05) is 24.3 Å². The quantitative estimate of drug-likeness (QED) is 0.233. The predicted octanol–water partition coefficient (Wildman–Crippen LogP) is -1.93. The molecule has 1 aliphatic heterocycles. The summed E-state index contributed by atoms with van der Waals surface area (Å²) in [6.45, 7) is 1.67. The molecule has 0 saturated carbocycles. The van der Waals surface area contributed by atoms with Gasteiger partial charge in [-0.3, -0.25) is 4.79 Å². The summed E-state index contributed by atoms with van der Waals surface area (Å²) in [6.07, 6.45) is -6.76. The van der Waals surface area contributed by atoms with E-state index in [0.717, 1.165) is 6.92 Å². The molecular formula is C21H25NO11. The molecule has 1 aromatic heterocycles. The minimum absolute atomic E-state index is 0.0379. The van der Waals surface area contributed by atoms with Crippen molar-refractivity contribution in [2.24, 2.45) is 0 Å². The van der Waals surface area contributed by atoms with E-state index in [1.54, 1.807) is 13.0 Å². The topological polar surface area (TPSA) is 207 Å². The van der Waals surface area contributed by atoms with Gasteiger partial charge in [0.1, 0.15) is 29.5 Å². The molecule has 1 saturated heterocycles. The highest BCUT2D eigenvalue weighted by molar-refractivity contribution is 5.79. The van der Waals surface area contributed by atoms with Gasteiger partial charge in [-0.2, -0.15) is 0 Å². The van der Waals surface area contributed by atoms with Crippen molar-refractivity contribution in [2.45, 2.75) is 56.0 Å². The lowest BCUT2D eigenvalue weighted by Crippen LogP contribution is -2.71. The van der Waals surface area contributed by atoms with Gasteiger partial charge in [-0.05, 0) is 24.6 Å². The number of carbonyl (C=O) groups excluding carboxylic acids is 1. The molecule has 180 valence electrons. The van der Waals surface area contributed by atoms with Crippen LogP contribution in [0, 0.1) is 6.92 Å². The summed E-state index contributed by atoms with van der Waals surface area (Å²) in [7, 11) is 0. The van der Waals surface area contributed by atoms with E-state index in [1.807, 2.05) is 0 Å². The first-order valence-electron chi connectivity index (χ1n) is 9.97. The maximum atomic E-state index is 11.9. The minimum Gasteiger partial charge on any atom is -0.477 e. The molecule has 0 unspecified atom stereocenters. The van der Waals surface area contributed by atoms with E-state index < -0.39 is 66.3 Å². The van der Waals surface area contributed by atoms with E-state index in [0.29, 0.717) is 10.9 Å². The third-order valence-electron chi connectivity index (χ3n) is 5.70. The number of hydrogen-bond donors (Lipinski definition) is 7. The highest BCUT2D eigenvalue weighted by Gasteiger charge is 2.61. The Kier molecular flexibility index (Phi) is 6.62. The molecule has 0 bridgehead atoms. The van der Waals surface area contributed by atoms with Crippen LogP contribution in [0.2, 0.25) is 0 Å². The molecule has 0 aliphatic carbocycles. The van der Waals surface area contributed by atoms with Crippen molar-refractivity contribution >= 4 is 22.8 Å². The van der Waals surface area contributed by atoms with Gasteiger partial charge in [0.2, 0.25) is 5.91 Å². The molecule has 6 atom stereocenters. The molecule has 1 amide bonds. The van der Waals surface area contributed by atoms with Gasteiger partial charge < -0.3 is 45.1 Å². The van der Waals surface area contributed by atoms with Crippen LogP contribution in [0.4, 0.5) is 0 Å². The average Bonchev–Trinajstić information content (AvgIpc) is 2.74. The molecule has 0 radical (unpaired) electrons. The van der Waals surface area contributed by atoms with Gasteiger partial charge in [0.15, 0.2) is 0 Å². The Labute approximate surface area is 186 Å². The summed E-state index contributed by atoms with van der Waals surface area (Å²) in [5, 5.41) is 64.4. The maximum Gasteiger partial charge on any atom is 0.364 e. The fourth-order valence-electron chi connectivity index (χ4n) is 3.99. The van der Waals surface area contributed by atoms with E-state index in [4.69, 9.17) is 9.15 Å². The van der Waals surface area contributed by atoms with Gasteiger partial charge >= 0.3 is 11.6 Å². The van der Waals surface area contributed by atoms with Crippen LogP contribution in [-0.4, -0.2) is 79.3 Å². The van der Waals surface area contributed by atoms with Crippen LogP contribution < -0.4 is 10.9 Å². The number of nitrogens with one attached hydrogen (secondary N) is 1. The van der Waals surface area contributed by atoms with Crippen molar-refractivity contribution in [1.29, 1.82) is 0 Å². The largest absolute Gasteiger partial charge is 0.477 e. The number of benzene rings is 1. The summed E-state index contributed by atoms with van der Waals surface area (Å²) in [6, 6.07) is 4.04. The van der Waals surface area contributed by atoms with E-state index in [1.165, 1.54) is 18.2 Å². The molecule has 3 rings (SSSR count). The second-order valence-corrected chi connectivity index (χ2v) is 8.16. The van der Waals surface area contributed by atoms with Crippen LogP contribution in [-0.2, 0) is 19.9 Å². The normalized spacial score (nSPS) is 29.4. The van der Waals surface area contributed by atoms with Crippen LogP contribution in [0.3, 0.4) is 0 Å². The number of aliphatic hydroxyl groups excluding tert-OH is 3. The Hall–Kier alpha value is -2.87. The first-order chi connectivity index (χ1) is 15.3. The predicted molar refractivity (Wildman–Crippen MR) is 110 cm³/mol. The van der Waals surface area contributed by atoms with Gasteiger partial charge in [0.25, 0.3) is 5.79 Å². The summed E-state index contributed by atoms with van der Waals surface area (Å²) >= 11 is 0. The maximum absolute atomic E-state index is 11.9. The van der Waals surface area contributed by atoms with Crippen molar-refractivity contribution in [3.05, 3.63) is 45.8 Å². The first-order valence-corrected chi connectivity index (χ1v) is 9.97. The fraction of sp³-hybridized carbons (Fsp3) is 0.476. The molecule has 1 aromatic carbocycles. The van der Waals surface area contributed by atoms with Crippen LogP contribution in [0.1, 0.15) is 24.5 Å². The van der Waals surface area contributed by atoms with Gasteiger partial charge in [0.05, 0.1) is 12.6 Å². The van der Waals surface area contributed by atoms with Gasteiger partial charge in [-0.25, -0.2) is 9.59 Å². The molecule has 2 aromatic rings. The number of fused-ring (bicyclic) bond motifs is 1. The van der Waals surface area contributed by atoms with Crippen LogP contribution in [0.5, 0.6) is 0 Å². The number of amides is 1. The number of carbonyl (C=O) groups is 2. The number of ether oxygens (including phenoxy) is 1. The molecule has 12 heteroatoms. The van der Waals surface area contributed by atoms with E-state index in [-0.39, 0.29) is 11.1 Å². The number of carboxylic acids is 1. The highest BCUT2D eigenvalue weighted by Crippen LogP contribution is 2.43. The van der Waals surface area contributed by atoms with Crippen molar-refractivity contribution in [3.8, 4) is 0 Å². The number of rotatable bonds is 6. The Morgan fingerprint density at radius 2 is 1.91 bits per heavy atom. The van der Waals surface area contributed by atoms with Crippen molar-refractivity contribution in [3.63, 3.8) is 0 Å². The summed E-state index contributed by atoms with van der Waals surface area (Å²) in [4.78, 5) is 35.7. The van der Waals surface area contributed by atoms with Crippen LogP contribution in [0.25, 0.3) is 11.0 Å². The molecule has 0 spiro atoms. The first kappa shape index (κ1) is 24.8. The standard InChI is InChI=1S/C21H25NO11/c1-9-5-11-3-4-12(6-14(11)32-18(9)27)20(30)8-21(31,19(28)29)33-16(15(26)13(25)7-23)17(20)22-10(2)24/h3-6,13,15-17,23,25-26,30-31H,7-8H2,1-2H3,(H,22,24)(H,28,29)/t13-,15-,16+,17+,20-,21+/m1/s1.